The van der Waals surface area contributed by atoms with E-state index in [-0.39, 0.29) is 39.2 Å². The van der Waals surface area contributed by atoms with Gasteiger partial charge in [0, 0.05) is 34.0 Å². The fraction of sp³-hybridized carbons (Fsp3) is 0.421. The number of aromatic nitrogens is 1. The summed E-state index contributed by atoms with van der Waals surface area (Å²) in [5, 5.41) is 0. The van der Waals surface area contributed by atoms with Crippen LogP contribution >= 0.6 is 0 Å². The number of fused-ring (bicyclic) bond motifs is 4. The van der Waals surface area contributed by atoms with Crippen molar-refractivity contribution in [3.05, 3.63) is 130 Å². The standard InChI is InChI=1S/C57H70BN3O/c1-52(2,3)36-24-22-35(23-25-36)50-59-49-51(62-50)61(43-32-40(56(13,14)15)29-41(33-43)57(16,17)18)47-21-19-20-46-48(47)58(49)44-34-37(53(4,5)6)26-27-45(44)60(46)42-30-38(54(7,8)9)28-39(31-42)55(10,11)12/h19-34H,1-18H3. The minimum absolute atomic E-state index is 0.0362. The quantitative estimate of drug-likeness (QED) is 0.166. The maximum Gasteiger partial charge on any atom is 0.279 e. The van der Waals surface area contributed by atoms with Crippen LogP contribution in [0, 0.1) is 0 Å². The maximum absolute atomic E-state index is 7.22. The van der Waals surface area contributed by atoms with E-state index in [0.29, 0.717) is 5.89 Å². The summed E-state index contributed by atoms with van der Waals surface area (Å²) in [7, 11) is 0. The van der Waals surface area contributed by atoms with Crippen LogP contribution in [0.1, 0.15) is 158 Å². The molecule has 6 aromatic rings. The monoisotopic (exact) mass is 824 g/mol. The molecule has 0 aliphatic carbocycles. The number of hydrogen-bond acceptors (Lipinski definition) is 4. The van der Waals surface area contributed by atoms with Gasteiger partial charge in [0.25, 0.3) is 6.71 Å². The third-order valence-corrected chi connectivity index (χ3v) is 13.2. The second kappa shape index (κ2) is 14.2. The van der Waals surface area contributed by atoms with E-state index < -0.39 is 0 Å². The molecule has 0 saturated carbocycles. The Morgan fingerprint density at radius 3 is 1.29 bits per heavy atom. The van der Waals surface area contributed by atoms with E-state index in [9.17, 15) is 0 Å². The molecule has 0 N–H and O–H groups in total. The van der Waals surface area contributed by atoms with Gasteiger partial charge in [-0.1, -0.05) is 167 Å². The molecule has 0 radical (unpaired) electrons. The predicted octanol–water partition coefficient (Wildman–Crippen LogP) is 14.2. The summed E-state index contributed by atoms with van der Waals surface area (Å²) in [4.78, 5) is 10.5. The Kier molecular flexibility index (Phi) is 10.0. The van der Waals surface area contributed by atoms with Gasteiger partial charge in [-0.05, 0) is 131 Å². The Morgan fingerprint density at radius 1 is 0.419 bits per heavy atom. The van der Waals surface area contributed by atoms with E-state index in [1.807, 2.05) is 0 Å². The normalized spacial score (nSPS) is 14.5. The lowest BCUT2D eigenvalue weighted by Gasteiger charge is -2.43. The molecule has 1 aromatic heterocycles. The zero-order valence-corrected chi connectivity index (χ0v) is 41.1. The molecular weight excluding hydrogens is 753 g/mol. The highest BCUT2D eigenvalue weighted by Gasteiger charge is 2.47. The Hall–Kier alpha value is -5.03. The van der Waals surface area contributed by atoms with Crippen molar-refractivity contribution < 1.29 is 4.42 Å². The van der Waals surface area contributed by atoms with E-state index in [2.05, 4.69) is 231 Å². The average molecular weight is 824 g/mol. The molecule has 322 valence electrons. The highest BCUT2D eigenvalue weighted by Crippen LogP contribution is 2.48. The third-order valence-electron chi connectivity index (χ3n) is 13.2. The summed E-state index contributed by atoms with van der Waals surface area (Å²) in [5.74, 6) is 1.42. The van der Waals surface area contributed by atoms with Crippen LogP contribution in [0.4, 0.5) is 34.3 Å². The number of oxazole rings is 1. The van der Waals surface area contributed by atoms with Crippen molar-refractivity contribution in [3.63, 3.8) is 0 Å². The Balaban J connectivity index is 1.48. The smallest absolute Gasteiger partial charge is 0.279 e. The van der Waals surface area contributed by atoms with Gasteiger partial charge in [-0.15, -0.1) is 0 Å². The average Bonchev–Trinajstić information content (AvgIpc) is 3.60. The lowest BCUT2D eigenvalue weighted by molar-refractivity contribution is 0.566. The van der Waals surface area contributed by atoms with Gasteiger partial charge >= 0.3 is 0 Å². The van der Waals surface area contributed by atoms with Crippen LogP contribution in [0.5, 0.6) is 0 Å². The Bertz CT molecular complexity index is 2630. The second-order valence-corrected chi connectivity index (χ2v) is 24.4. The van der Waals surface area contributed by atoms with Gasteiger partial charge < -0.3 is 9.32 Å². The molecule has 62 heavy (non-hydrogen) atoms. The molecule has 0 fully saturated rings. The Morgan fingerprint density at radius 2 is 0.839 bits per heavy atom. The van der Waals surface area contributed by atoms with Crippen LogP contribution < -0.4 is 26.3 Å². The van der Waals surface area contributed by atoms with Crippen LogP contribution in [0.25, 0.3) is 11.5 Å². The van der Waals surface area contributed by atoms with Gasteiger partial charge in [-0.2, -0.15) is 0 Å². The van der Waals surface area contributed by atoms with Crippen LogP contribution in [0.15, 0.2) is 101 Å². The first-order valence-electron chi connectivity index (χ1n) is 22.8. The maximum atomic E-state index is 7.22. The molecule has 0 atom stereocenters. The van der Waals surface area contributed by atoms with E-state index in [4.69, 9.17) is 9.40 Å². The van der Waals surface area contributed by atoms with Crippen LogP contribution in [-0.4, -0.2) is 11.7 Å². The minimum atomic E-state index is -0.159. The lowest BCUT2D eigenvalue weighted by atomic mass is 9.35. The summed E-state index contributed by atoms with van der Waals surface area (Å²) < 4.78 is 7.22. The number of benzene rings is 5. The van der Waals surface area contributed by atoms with Crippen LogP contribution in [0.3, 0.4) is 0 Å². The van der Waals surface area contributed by atoms with E-state index in [1.54, 1.807) is 0 Å². The van der Waals surface area contributed by atoms with Crippen molar-refractivity contribution in [2.45, 2.75) is 157 Å². The number of rotatable bonds is 3. The molecule has 5 aromatic carbocycles. The molecule has 0 spiro atoms. The summed E-state index contributed by atoms with van der Waals surface area (Å²) >= 11 is 0. The SMILES string of the molecule is CC(C)(C)c1ccc(-c2nc3c(o2)N(c2cc(C(C)(C)C)cc(C(C)(C)C)c2)c2cccc4c2B3c2cc(C(C)(C)C)ccc2N4c2cc(C(C)(C)C)cc(C(C)(C)C)c2)cc1. The van der Waals surface area contributed by atoms with E-state index in [0.717, 1.165) is 28.4 Å². The van der Waals surface area contributed by atoms with Crippen molar-refractivity contribution in [3.8, 4) is 11.5 Å². The molecule has 5 heteroatoms. The summed E-state index contributed by atoms with van der Waals surface area (Å²) in [6, 6.07) is 37.3. The molecule has 2 aliphatic rings. The summed E-state index contributed by atoms with van der Waals surface area (Å²) in [5.41, 5.74) is 17.7. The van der Waals surface area contributed by atoms with Crippen molar-refractivity contribution >= 4 is 57.6 Å². The van der Waals surface area contributed by atoms with Crippen LogP contribution in [-0.2, 0) is 32.5 Å². The van der Waals surface area contributed by atoms with E-state index >= 15 is 0 Å². The molecular formula is C57H70BN3O. The van der Waals surface area contributed by atoms with Crippen molar-refractivity contribution in [2.24, 2.45) is 0 Å². The highest BCUT2D eigenvalue weighted by molar-refractivity contribution is 6.99. The molecule has 2 aliphatic heterocycles. The van der Waals surface area contributed by atoms with Gasteiger partial charge in [-0.3, -0.25) is 4.90 Å². The number of nitrogens with zero attached hydrogens (tertiary/aromatic N) is 3. The summed E-state index contributed by atoms with van der Waals surface area (Å²) in [6.45, 7) is 41.4. The third kappa shape index (κ3) is 7.73. The van der Waals surface area contributed by atoms with Gasteiger partial charge in [-0.25, -0.2) is 4.98 Å². The largest absolute Gasteiger partial charge is 0.420 e. The number of hydrogen-bond donors (Lipinski definition) is 0. The van der Waals surface area contributed by atoms with Crippen molar-refractivity contribution in [1.29, 1.82) is 0 Å². The molecule has 8 rings (SSSR count). The molecule has 0 bridgehead atoms. The second-order valence-electron chi connectivity index (χ2n) is 24.4. The van der Waals surface area contributed by atoms with Crippen molar-refractivity contribution in [2.75, 3.05) is 9.80 Å². The molecule has 0 saturated heterocycles. The zero-order valence-electron chi connectivity index (χ0n) is 41.1. The van der Waals surface area contributed by atoms with Gasteiger partial charge in [0.1, 0.15) is 0 Å². The van der Waals surface area contributed by atoms with E-state index in [1.165, 1.54) is 61.4 Å². The minimum Gasteiger partial charge on any atom is -0.420 e. The Labute approximate surface area is 374 Å². The number of anilines is 6. The zero-order chi connectivity index (χ0) is 45.3. The molecule has 3 heterocycles. The molecule has 4 nitrogen and oxygen atoms in total. The molecule has 0 unspecified atom stereocenters. The first-order valence-corrected chi connectivity index (χ1v) is 22.8. The summed E-state index contributed by atoms with van der Waals surface area (Å²) in [6.07, 6.45) is 0. The first kappa shape index (κ1) is 43.6. The lowest BCUT2D eigenvalue weighted by Crippen LogP contribution is -2.61. The molecule has 0 amide bonds. The van der Waals surface area contributed by atoms with Gasteiger partial charge in [0.2, 0.25) is 11.8 Å². The predicted molar refractivity (Wildman–Crippen MR) is 268 cm³/mol. The fourth-order valence-electron chi connectivity index (χ4n) is 9.02. The first-order chi connectivity index (χ1) is 28.5. The van der Waals surface area contributed by atoms with Gasteiger partial charge in [0.05, 0.1) is 5.59 Å². The van der Waals surface area contributed by atoms with Crippen LogP contribution in [0.2, 0.25) is 0 Å². The topological polar surface area (TPSA) is 32.5 Å². The fourth-order valence-corrected chi connectivity index (χ4v) is 9.02. The highest BCUT2D eigenvalue weighted by atomic mass is 16.4. The van der Waals surface area contributed by atoms with Gasteiger partial charge in [0.15, 0.2) is 0 Å². The van der Waals surface area contributed by atoms with Crippen molar-refractivity contribution in [1.82, 2.24) is 4.98 Å².